The Labute approximate surface area is 154 Å². The SMILES string of the molecule is O=C(/C=C/c1ccccc1)N1CCN(C(=O)c2ccc(F)c(F)c2F)CC1. The summed E-state index contributed by atoms with van der Waals surface area (Å²) in [4.78, 5) is 27.5. The van der Waals surface area contributed by atoms with Crippen LogP contribution in [0.25, 0.3) is 6.08 Å². The molecule has 0 aliphatic carbocycles. The molecule has 1 saturated heterocycles. The lowest BCUT2D eigenvalue weighted by atomic mass is 10.1. The molecule has 2 aromatic rings. The van der Waals surface area contributed by atoms with E-state index in [9.17, 15) is 22.8 Å². The molecule has 1 aliphatic rings. The molecular weight excluding hydrogens is 357 g/mol. The standard InChI is InChI=1S/C20H17F3N2O2/c21-16-8-7-15(18(22)19(16)23)20(27)25-12-10-24(11-13-25)17(26)9-6-14-4-2-1-3-5-14/h1-9H,10-13H2/b9-6+. The molecule has 27 heavy (non-hydrogen) atoms. The number of halogens is 3. The minimum atomic E-state index is -1.67. The van der Waals surface area contributed by atoms with E-state index in [2.05, 4.69) is 0 Å². The molecule has 0 unspecified atom stereocenters. The summed E-state index contributed by atoms with van der Waals surface area (Å²) in [7, 11) is 0. The Morgan fingerprint density at radius 3 is 2.11 bits per heavy atom. The molecule has 7 heteroatoms. The summed E-state index contributed by atoms with van der Waals surface area (Å²) in [6, 6.07) is 11.0. The molecule has 0 N–H and O–H groups in total. The smallest absolute Gasteiger partial charge is 0.257 e. The minimum Gasteiger partial charge on any atom is -0.336 e. The van der Waals surface area contributed by atoms with Crippen molar-refractivity contribution in [1.29, 1.82) is 0 Å². The first-order valence-corrected chi connectivity index (χ1v) is 8.42. The molecular formula is C20H17F3N2O2. The number of nitrogens with zero attached hydrogens (tertiary/aromatic N) is 2. The van der Waals surface area contributed by atoms with Gasteiger partial charge < -0.3 is 9.80 Å². The Morgan fingerprint density at radius 1 is 0.815 bits per heavy atom. The number of amides is 2. The van der Waals surface area contributed by atoms with E-state index in [1.807, 2.05) is 30.3 Å². The maximum absolute atomic E-state index is 13.8. The summed E-state index contributed by atoms with van der Waals surface area (Å²) >= 11 is 0. The number of hydrogen-bond donors (Lipinski definition) is 0. The van der Waals surface area contributed by atoms with Gasteiger partial charge in [-0.05, 0) is 23.8 Å². The van der Waals surface area contributed by atoms with E-state index < -0.39 is 28.9 Å². The maximum Gasteiger partial charge on any atom is 0.257 e. The molecule has 2 amide bonds. The Bertz CT molecular complexity index is 876. The molecule has 140 valence electrons. The average Bonchev–Trinajstić information content (AvgIpc) is 2.71. The lowest BCUT2D eigenvalue weighted by Crippen LogP contribution is -2.50. The topological polar surface area (TPSA) is 40.6 Å². The monoisotopic (exact) mass is 374 g/mol. The molecule has 1 aliphatic heterocycles. The summed E-state index contributed by atoms with van der Waals surface area (Å²) < 4.78 is 40.1. The van der Waals surface area contributed by atoms with E-state index in [1.165, 1.54) is 11.0 Å². The fourth-order valence-corrected chi connectivity index (χ4v) is 2.83. The van der Waals surface area contributed by atoms with E-state index in [0.717, 1.165) is 17.7 Å². The highest BCUT2D eigenvalue weighted by molar-refractivity contribution is 5.95. The average molecular weight is 374 g/mol. The molecule has 2 aromatic carbocycles. The van der Waals surface area contributed by atoms with Crippen LogP contribution in [0.5, 0.6) is 0 Å². The second kappa shape index (κ2) is 8.07. The zero-order chi connectivity index (χ0) is 19.4. The van der Waals surface area contributed by atoms with E-state index >= 15 is 0 Å². The van der Waals surface area contributed by atoms with Crippen LogP contribution in [-0.2, 0) is 4.79 Å². The van der Waals surface area contributed by atoms with E-state index in [0.29, 0.717) is 0 Å². The molecule has 4 nitrogen and oxygen atoms in total. The lowest BCUT2D eigenvalue weighted by Gasteiger charge is -2.34. The zero-order valence-corrected chi connectivity index (χ0v) is 14.4. The first-order valence-electron chi connectivity index (χ1n) is 8.42. The van der Waals surface area contributed by atoms with Crippen LogP contribution in [0.3, 0.4) is 0 Å². The van der Waals surface area contributed by atoms with Gasteiger partial charge in [-0.1, -0.05) is 30.3 Å². The van der Waals surface area contributed by atoms with Gasteiger partial charge >= 0.3 is 0 Å². The predicted octanol–water partition coefficient (Wildman–Crippen LogP) is 3.10. The number of rotatable bonds is 3. The Morgan fingerprint density at radius 2 is 1.44 bits per heavy atom. The summed E-state index contributed by atoms with van der Waals surface area (Å²) in [6.45, 7) is 0.911. The fraction of sp³-hybridized carbons (Fsp3) is 0.200. The molecule has 1 fully saturated rings. The van der Waals surface area contributed by atoms with Crippen molar-refractivity contribution in [2.45, 2.75) is 0 Å². The number of benzene rings is 2. The number of carbonyl (C=O) groups is 2. The normalized spacial score (nSPS) is 14.6. The third-order valence-corrected chi connectivity index (χ3v) is 4.36. The van der Waals surface area contributed by atoms with Crippen molar-refractivity contribution in [2.75, 3.05) is 26.2 Å². The fourth-order valence-electron chi connectivity index (χ4n) is 2.83. The molecule has 0 atom stereocenters. The molecule has 1 heterocycles. The molecule has 0 radical (unpaired) electrons. The van der Waals surface area contributed by atoms with Crippen LogP contribution < -0.4 is 0 Å². The number of piperazine rings is 1. The molecule has 0 saturated carbocycles. The number of hydrogen-bond acceptors (Lipinski definition) is 2. The highest BCUT2D eigenvalue weighted by Crippen LogP contribution is 2.18. The highest BCUT2D eigenvalue weighted by atomic mass is 19.2. The van der Waals surface area contributed by atoms with Gasteiger partial charge in [-0.15, -0.1) is 0 Å². The Balaban J connectivity index is 1.60. The largest absolute Gasteiger partial charge is 0.336 e. The van der Waals surface area contributed by atoms with Gasteiger partial charge in [-0.2, -0.15) is 0 Å². The summed E-state index contributed by atoms with van der Waals surface area (Å²) in [5.41, 5.74) is 0.381. The summed E-state index contributed by atoms with van der Waals surface area (Å²) in [5, 5.41) is 0. The van der Waals surface area contributed by atoms with Crippen LogP contribution in [0.15, 0.2) is 48.5 Å². The third kappa shape index (κ3) is 4.19. The second-order valence-corrected chi connectivity index (χ2v) is 6.08. The van der Waals surface area contributed by atoms with Crippen LogP contribution in [0, 0.1) is 17.5 Å². The lowest BCUT2D eigenvalue weighted by molar-refractivity contribution is -0.127. The summed E-state index contributed by atoms with van der Waals surface area (Å²) in [5.74, 6) is -5.42. The summed E-state index contributed by atoms with van der Waals surface area (Å²) in [6.07, 6.45) is 3.17. The van der Waals surface area contributed by atoms with Crippen molar-refractivity contribution >= 4 is 17.9 Å². The van der Waals surface area contributed by atoms with Crippen molar-refractivity contribution in [2.24, 2.45) is 0 Å². The van der Waals surface area contributed by atoms with Gasteiger partial charge in [0.1, 0.15) is 0 Å². The van der Waals surface area contributed by atoms with Crippen LogP contribution in [0.4, 0.5) is 13.2 Å². The quantitative estimate of drug-likeness (QED) is 0.612. The van der Waals surface area contributed by atoms with Gasteiger partial charge in [0, 0.05) is 32.3 Å². The highest BCUT2D eigenvalue weighted by Gasteiger charge is 2.27. The van der Waals surface area contributed by atoms with Crippen molar-refractivity contribution in [3.63, 3.8) is 0 Å². The molecule has 0 spiro atoms. The molecule has 0 bridgehead atoms. The molecule has 3 rings (SSSR count). The first kappa shape index (κ1) is 18.7. The Hall–Kier alpha value is -3.09. The van der Waals surface area contributed by atoms with Crippen molar-refractivity contribution in [3.05, 3.63) is 77.1 Å². The van der Waals surface area contributed by atoms with Crippen LogP contribution >= 0.6 is 0 Å². The van der Waals surface area contributed by atoms with E-state index in [1.54, 1.807) is 11.0 Å². The second-order valence-electron chi connectivity index (χ2n) is 6.08. The van der Waals surface area contributed by atoms with Crippen LogP contribution in [-0.4, -0.2) is 47.8 Å². The van der Waals surface area contributed by atoms with Gasteiger partial charge in [0.2, 0.25) is 5.91 Å². The van der Waals surface area contributed by atoms with Crippen molar-refractivity contribution < 1.29 is 22.8 Å². The van der Waals surface area contributed by atoms with Gasteiger partial charge in [-0.3, -0.25) is 9.59 Å². The van der Waals surface area contributed by atoms with Crippen LogP contribution in [0.1, 0.15) is 15.9 Å². The van der Waals surface area contributed by atoms with Gasteiger partial charge in [0.25, 0.3) is 5.91 Å². The maximum atomic E-state index is 13.8. The van der Waals surface area contributed by atoms with E-state index in [4.69, 9.17) is 0 Å². The first-order chi connectivity index (χ1) is 13.0. The van der Waals surface area contributed by atoms with Crippen molar-refractivity contribution in [1.82, 2.24) is 9.80 Å². The third-order valence-electron chi connectivity index (χ3n) is 4.36. The van der Waals surface area contributed by atoms with Gasteiger partial charge in [-0.25, -0.2) is 13.2 Å². The minimum absolute atomic E-state index is 0.183. The predicted molar refractivity (Wildman–Crippen MR) is 94.3 cm³/mol. The zero-order valence-electron chi connectivity index (χ0n) is 14.4. The Kier molecular flexibility index (Phi) is 5.59. The molecule has 0 aromatic heterocycles. The van der Waals surface area contributed by atoms with Gasteiger partial charge in [0.15, 0.2) is 17.5 Å². The van der Waals surface area contributed by atoms with Gasteiger partial charge in [0.05, 0.1) is 5.56 Å². The van der Waals surface area contributed by atoms with E-state index in [-0.39, 0.29) is 32.1 Å². The number of carbonyl (C=O) groups excluding carboxylic acids is 2. The van der Waals surface area contributed by atoms with Crippen molar-refractivity contribution in [3.8, 4) is 0 Å². The van der Waals surface area contributed by atoms with Crippen LogP contribution in [0.2, 0.25) is 0 Å².